The lowest BCUT2D eigenvalue weighted by molar-refractivity contribution is 0.210. The zero-order valence-electron chi connectivity index (χ0n) is 19.4. The molecule has 3 nitrogen and oxygen atoms in total. The normalized spacial score (nSPS) is 18.9. The van der Waals surface area contributed by atoms with Crippen LogP contribution in [-0.2, 0) is 19.4 Å². The van der Waals surface area contributed by atoms with Crippen LogP contribution in [0.2, 0.25) is 0 Å². The number of nitrogens with one attached hydrogen (secondary N) is 1. The first-order valence-corrected chi connectivity index (χ1v) is 11.7. The van der Waals surface area contributed by atoms with Crippen molar-refractivity contribution in [2.24, 2.45) is 5.92 Å². The van der Waals surface area contributed by atoms with Crippen molar-refractivity contribution in [2.75, 3.05) is 32.7 Å². The molecule has 5 rings (SSSR count). The van der Waals surface area contributed by atoms with E-state index in [1.165, 1.54) is 86.0 Å². The van der Waals surface area contributed by atoms with Crippen LogP contribution in [0.15, 0.2) is 42.6 Å². The van der Waals surface area contributed by atoms with Gasteiger partial charge in [-0.1, -0.05) is 30.3 Å². The monoisotopic (exact) mass is 473 g/mol. The van der Waals surface area contributed by atoms with Gasteiger partial charge < -0.3 is 9.88 Å². The summed E-state index contributed by atoms with van der Waals surface area (Å²) < 4.78 is 0. The molecule has 0 spiro atoms. The molecule has 0 aliphatic carbocycles. The van der Waals surface area contributed by atoms with E-state index in [0.29, 0.717) is 0 Å². The third-order valence-electron chi connectivity index (χ3n) is 7.39. The molecule has 3 aromatic rings. The Labute approximate surface area is 205 Å². The molecule has 1 unspecified atom stereocenters. The molecule has 32 heavy (non-hydrogen) atoms. The summed E-state index contributed by atoms with van der Waals surface area (Å²) in [6.45, 7) is 11.9. The number of halogens is 2. The van der Waals surface area contributed by atoms with Crippen molar-refractivity contribution >= 4 is 35.7 Å². The Morgan fingerprint density at radius 2 is 1.75 bits per heavy atom. The standard InChI is InChI=1S/C27H35N3.2ClH/c1-20-14-23-10-13-30(19-25(23)15-21(20)2)18-22-9-12-29(17-22)11-5-6-24-16-28-27-8-4-3-7-26(24)27;;/h3-4,7-8,14-16,22,28H,5-6,9-13,17-19H2,1-2H3;2*1H. The summed E-state index contributed by atoms with van der Waals surface area (Å²) in [6, 6.07) is 13.5. The van der Waals surface area contributed by atoms with Gasteiger partial charge in [0.25, 0.3) is 0 Å². The molecular formula is C27H37Cl2N3. The summed E-state index contributed by atoms with van der Waals surface area (Å²) in [7, 11) is 0. The fraction of sp³-hybridized carbons (Fsp3) is 0.481. The summed E-state index contributed by atoms with van der Waals surface area (Å²) in [5.41, 5.74) is 8.78. The van der Waals surface area contributed by atoms with Crippen molar-refractivity contribution in [1.82, 2.24) is 14.8 Å². The van der Waals surface area contributed by atoms with Gasteiger partial charge in [0.15, 0.2) is 0 Å². The number of aromatic amines is 1. The molecular weight excluding hydrogens is 437 g/mol. The van der Waals surface area contributed by atoms with E-state index < -0.39 is 0 Å². The fourth-order valence-corrected chi connectivity index (χ4v) is 5.53. The maximum Gasteiger partial charge on any atom is 0.0456 e. The third-order valence-corrected chi connectivity index (χ3v) is 7.39. The Balaban J connectivity index is 0.00000144. The molecule has 0 radical (unpaired) electrons. The fourth-order valence-electron chi connectivity index (χ4n) is 5.53. The van der Waals surface area contributed by atoms with Gasteiger partial charge >= 0.3 is 0 Å². The molecule has 3 heterocycles. The Hall–Kier alpha value is -1.52. The lowest BCUT2D eigenvalue weighted by Gasteiger charge is -2.31. The molecule has 1 atom stereocenters. The second-order valence-electron chi connectivity index (χ2n) is 9.61. The Bertz CT molecular complexity index is 1030. The number of aryl methyl sites for hydroxylation is 3. The van der Waals surface area contributed by atoms with E-state index in [0.717, 1.165) is 12.5 Å². The van der Waals surface area contributed by atoms with E-state index in [-0.39, 0.29) is 24.8 Å². The lowest BCUT2D eigenvalue weighted by atomic mass is 9.94. The van der Waals surface area contributed by atoms with E-state index >= 15 is 0 Å². The van der Waals surface area contributed by atoms with Gasteiger partial charge in [-0.15, -0.1) is 24.8 Å². The number of aromatic nitrogens is 1. The molecule has 2 aliphatic heterocycles. The predicted molar refractivity (Wildman–Crippen MR) is 141 cm³/mol. The van der Waals surface area contributed by atoms with Crippen molar-refractivity contribution in [3.05, 3.63) is 70.4 Å². The van der Waals surface area contributed by atoms with Crippen LogP contribution in [-0.4, -0.2) is 47.5 Å². The predicted octanol–water partition coefficient (Wildman–Crippen LogP) is 5.94. The van der Waals surface area contributed by atoms with Crippen LogP contribution in [0.25, 0.3) is 10.9 Å². The molecule has 1 N–H and O–H groups in total. The largest absolute Gasteiger partial charge is 0.361 e. The SMILES string of the molecule is Cc1cc2c(cc1C)CN(CC1CCN(CCCc3c[nH]c4ccccc34)C1)CC2.Cl.Cl. The minimum absolute atomic E-state index is 0. The summed E-state index contributed by atoms with van der Waals surface area (Å²) in [5, 5.41) is 1.40. The number of hydrogen-bond acceptors (Lipinski definition) is 2. The third kappa shape index (κ3) is 5.51. The highest BCUT2D eigenvalue weighted by Gasteiger charge is 2.26. The summed E-state index contributed by atoms with van der Waals surface area (Å²) in [5.74, 6) is 0.839. The van der Waals surface area contributed by atoms with Crippen molar-refractivity contribution in [3.63, 3.8) is 0 Å². The average molecular weight is 475 g/mol. The van der Waals surface area contributed by atoms with Gasteiger partial charge in [0.2, 0.25) is 0 Å². The van der Waals surface area contributed by atoms with Gasteiger partial charge in [0.1, 0.15) is 0 Å². The molecule has 5 heteroatoms. The molecule has 174 valence electrons. The first kappa shape index (κ1) is 25.1. The minimum Gasteiger partial charge on any atom is -0.361 e. The van der Waals surface area contributed by atoms with Gasteiger partial charge in [-0.25, -0.2) is 0 Å². The van der Waals surface area contributed by atoms with Crippen LogP contribution in [0, 0.1) is 19.8 Å². The van der Waals surface area contributed by atoms with Gasteiger partial charge in [0.05, 0.1) is 0 Å². The van der Waals surface area contributed by atoms with Crippen LogP contribution in [0.1, 0.15) is 40.7 Å². The van der Waals surface area contributed by atoms with E-state index in [9.17, 15) is 0 Å². The second kappa shape index (κ2) is 11.1. The minimum atomic E-state index is 0. The van der Waals surface area contributed by atoms with Crippen molar-refractivity contribution in [2.45, 2.75) is 46.1 Å². The summed E-state index contributed by atoms with van der Waals surface area (Å²) in [6.07, 6.45) is 7.22. The van der Waals surface area contributed by atoms with E-state index in [1.807, 2.05) is 0 Å². The topological polar surface area (TPSA) is 22.3 Å². The quantitative estimate of drug-likeness (QED) is 0.478. The maximum atomic E-state index is 3.41. The van der Waals surface area contributed by atoms with E-state index in [2.05, 4.69) is 71.2 Å². The highest BCUT2D eigenvalue weighted by molar-refractivity contribution is 5.85. The van der Waals surface area contributed by atoms with Crippen LogP contribution in [0.5, 0.6) is 0 Å². The van der Waals surface area contributed by atoms with Crippen molar-refractivity contribution in [1.29, 1.82) is 0 Å². The number of benzene rings is 2. The average Bonchev–Trinajstić information content (AvgIpc) is 3.36. The maximum absolute atomic E-state index is 3.41. The van der Waals surface area contributed by atoms with Crippen LogP contribution < -0.4 is 0 Å². The number of nitrogens with zero attached hydrogens (tertiary/aromatic N) is 2. The summed E-state index contributed by atoms with van der Waals surface area (Å²) in [4.78, 5) is 8.82. The molecule has 2 aliphatic rings. The highest BCUT2D eigenvalue weighted by atomic mass is 35.5. The smallest absolute Gasteiger partial charge is 0.0456 e. The molecule has 0 bridgehead atoms. The zero-order chi connectivity index (χ0) is 20.5. The van der Waals surface area contributed by atoms with Crippen LogP contribution in [0.3, 0.4) is 0 Å². The number of likely N-dealkylation sites (tertiary alicyclic amines) is 1. The number of rotatable bonds is 6. The molecule has 1 aromatic heterocycles. The molecule has 0 saturated carbocycles. The Morgan fingerprint density at radius 3 is 2.59 bits per heavy atom. The van der Waals surface area contributed by atoms with Crippen molar-refractivity contribution in [3.8, 4) is 0 Å². The molecule has 1 saturated heterocycles. The Morgan fingerprint density at radius 1 is 0.969 bits per heavy atom. The number of para-hydroxylation sites is 1. The van der Waals surface area contributed by atoms with Gasteiger partial charge in [-0.05, 0) is 92.4 Å². The van der Waals surface area contributed by atoms with Crippen LogP contribution in [0.4, 0.5) is 0 Å². The highest BCUT2D eigenvalue weighted by Crippen LogP contribution is 2.26. The molecule has 2 aromatic carbocycles. The number of fused-ring (bicyclic) bond motifs is 2. The molecule has 0 amide bonds. The van der Waals surface area contributed by atoms with Gasteiger partial charge in [0, 0.05) is 43.3 Å². The van der Waals surface area contributed by atoms with E-state index in [1.54, 1.807) is 11.1 Å². The Kier molecular flexibility index (Phi) is 8.68. The number of H-pyrrole nitrogens is 1. The van der Waals surface area contributed by atoms with Crippen LogP contribution >= 0.6 is 24.8 Å². The van der Waals surface area contributed by atoms with Gasteiger partial charge in [-0.3, -0.25) is 4.90 Å². The first-order valence-electron chi connectivity index (χ1n) is 11.7. The number of hydrogen-bond donors (Lipinski definition) is 1. The first-order chi connectivity index (χ1) is 14.7. The second-order valence-corrected chi connectivity index (χ2v) is 9.61. The lowest BCUT2D eigenvalue weighted by Crippen LogP contribution is -2.35. The van der Waals surface area contributed by atoms with Gasteiger partial charge in [-0.2, -0.15) is 0 Å². The molecule has 1 fully saturated rings. The zero-order valence-corrected chi connectivity index (χ0v) is 21.0. The van der Waals surface area contributed by atoms with Crippen molar-refractivity contribution < 1.29 is 0 Å². The van der Waals surface area contributed by atoms with E-state index in [4.69, 9.17) is 0 Å². The summed E-state index contributed by atoms with van der Waals surface area (Å²) >= 11 is 0.